The normalized spacial score (nSPS) is 17.0. The maximum absolute atomic E-state index is 13.4. The Morgan fingerprint density at radius 3 is 2.27 bits per heavy atom. The molecule has 142 valence electrons. The number of benzene rings is 1. The van der Waals surface area contributed by atoms with Crippen LogP contribution in [0.3, 0.4) is 0 Å². The fourth-order valence-corrected chi connectivity index (χ4v) is 5.31. The van der Waals surface area contributed by atoms with Crippen LogP contribution in [-0.2, 0) is 15.4 Å². The Kier molecular flexibility index (Phi) is 5.26. The van der Waals surface area contributed by atoms with E-state index in [0.29, 0.717) is 10.6 Å². The van der Waals surface area contributed by atoms with E-state index in [-0.39, 0.29) is 11.5 Å². The first-order chi connectivity index (χ1) is 12.2. The van der Waals surface area contributed by atoms with Crippen molar-refractivity contribution < 1.29 is 8.42 Å². The molecule has 0 bridgehead atoms. The lowest BCUT2D eigenvalue weighted by Gasteiger charge is -2.30. The Labute approximate surface area is 157 Å². The number of rotatable bonds is 4. The van der Waals surface area contributed by atoms with E-state index in [1.165, 1.54) is 6.42 Å². The number of aromatic nitrogens is 2. The van der Waals surface area contributed by atoms with Gasteiger partial charge in [-0.25, -0.2) is 13.1 Å². The second-order valence-corrected chi connectivity index (χ2v) is 10.2. The Balaban J connectivity index is 2.06. The summed E-state index contributed by atoms with van der Waals surface area (Å²) in [6.45, 7) is 6.01. The van der Waals surface area contributed by atoms with Crippen molar-refractivity contribution in [3.63, 3.8) is 0 Å². The monoisotopic (exact) mass is 375 g/mol. The molecule has 1 fully saturated rings. The van der Waals surface area contributed by atoms with E-state index in [2.05, 4.69) is 5.10 Å². The Morgan fingerprint density at radius 2 is 1.69 bits per heavy atom. The molecule has 1 aromatic heterocycles. The van der Waals surface area contributed by atoms with E-state index in [1.54, 1.807) is 22.2 Å². The fourth-order valence-electron chi connectivity index (χ4n) is 3.58. The van der Waals surface area contributed by atoms with E-state index in [0.717, 1.165) is 31.4 Å². The van der Waals surface area contributed by atoms with Crippen molar-refractivity contribution in [2.45, 2.75) is 69.2 Å². The summed E-state index contributed by atoms with van der Waals surface area (Å²) in [6, 6.07) is 9.74. The van der Waals surface area contributed by atoms with Crippen LogP contribution in [0.15, 0.2) is 41.4 Å². The topological polar surface area (TPSA) is 55.2 Å². The van der Waals surface area contributed by atoms with Gasteiger partial charge >= 0.3 is 0 Å². The molecule has 0 amide bonds. The molecular weight excluding hydrogens is 346 g/mol. The van der Waals surface area contributed by atoms with Crippen molar-refractivity contribution in [3.05, 3.63) is 42.2 Å². The Bertz CT molecular complexity index is 845. The molecule has 3 rings (SSSR count). The van der Waals surface area contributed by atoms with Crippen LogP contribution in [0.1, 0.15) is 58.6 Å². The maximum atomic E-state index is 13.4. The summed E-state index contributed by atoms with van der Waals surface area (Å²) in [5.41, 5.74) is 1.11. The van der Waals surface area contributed by atoms with E-state index in [9.17, 15) is 8.42 Å². The van der Waals surface area contributed by atoms with Gasteiger partial charge in [0, 0.05) is 18.5 Å². The molecule has 0 aliphatic heterocycles. The molecule has 1 aromatic carbocycles. The highest BCUT2D eigenvalue weighted by Crippen LogP contribution is 2.33. The largest absolute Gasteiger partial charge is 0.246 e. The Hall–Kier alpha value is -1.66. The minimum absolute atomic E-state index is 0.0849. The molecule has 0 saturated heterocycles. The van der Waals surface area contributed by atoms with Gasteiger partial charge in [-0.2, -0.15) is 9.40 Å². The highest BCUT2D eigenvalue weighted by atomic mass is 32.2. The van der Waals surface area contributed by atoms with Crippen molar-refractivity contribution in [2.24, 2.45) is 0 Å². The zero-order valence-electron chi connectivity index (χ0n) is 16.1. The number of nitrogens with zero attached hydrogens (tertiary/aromatic N) is 3. The van der Waals surface area contributed by atoms with Gasteiger partial charge in [-0.1, -0.05) is 58.2 Å². The summed E-state index contributed by atoms with van der Waals surface area (Å²) in [7, 11) is -1.87. The molecule has 2 aromatic rings. The fraction of sp³-hybridized carbons (Fsp3) is 0.550. The summed E-state index contributed by atoms with van der Waals surface area (Å²) in [4.78, 5) is 0.321. The molecule has 0 unspecified atom stereocenters. The van der Waals surface area contributed by atoms with Gasteiger partial charge in [0.15, 0.2) is 0 Å². The summed E-state index contributed by atoms with van der Waals surface area (Å²) in [6.07, 6.45) is 6.94. The van der Waals surface area contributed by atoms with Crippen LogP contribution in [0.4, 0.5) is 0 Å². The van der Waals surface area contributed by atoms with Gasteiger partial charge in [-0.3, -0.25) is 0 Å². The summed E-state index contributed by atoms with van der Waals surface area (Å²) in [5, 5.41) is 4.66. The molecule has 26 heavy (non-hydrogen) atoms. The van der Waals surface area contributed by atoms with Crippen molar-refractivity contribution in [1.82, 2.24) is 14.1 Å². The average molecular weight is 376 g/mol. The third kappa shape index (κ3) is 3.71. The molecule has 0 atom stereocenters. The zero-order chi connectivity index (χ0) is 18.9. The van der Waals surface area contributed by atoms with E-state index < -0.39 is 10.0 Å². The molecule has 1 saturated carbocycles. The first kappa shape index (κ1) is 19.1. The molecule has 0 radical (unpaired) electrons. The van der Waals surface area contributed by atoms with Gasteiger partial charge in [0.2, 0.25) is 10.0 Å². The summed E-state index contributed by atoms with van der Waals surface area (Å²) >= 11 is 0. The molecule has 6 heteroatoms. The standard InChI is InChI=1S/C20H29N3O2S/c1-20(2,3)19-18(15-23(21-19)17-13-9-6-10-14-17)26(24,25)22(4)16-11-7-5-8-12-16/h6,9-10,13-16H,5,7-8,11-12H2,1-4H3. The van der Waals surface area contributed by atoms with Gasteiger partial charge in [0.25, 0.3) is 0 Å². The van der Waals surface area contributed by atoms with Crippen LogP contribution in [0.2, 0.25) is 0 Å². The second-order valence-electron chi connectivity index (χ2n) is 8.19. The quantitative estimate of drug-likeness (QED) is 0.807. The lowest BCUT2D eigenvalue weighted by atomic mass is 9.92. The summed E-state index contributed by atoms with van der Waals surface area (Å²) < 4.78 is 30.1. The predicted molar refractivity (Wildman–Crippen MR) is 104 cm³/mol. The third-order valence-corrected chi connectivity index (χ3v) is 7.07. The van der Waals surface area contributed by atoms with Crippen LogP contribution in [0.5, 0.6) is 0 Å². The van der Waals surface area contributed by atoms with Gasteiger partial charge in [-0.05, 0) is 25.0 Å². The molecule has 1 aliphatic carbocycles. The van der Waals surface area contributed by atoms with Gasteiger partial charge in [-0.15, -0.1) is 0 Å². The molecular formula is C20H29N3O2S. The second kappa shape index (κ2) is 7.16. The van der Waals surface area contributed by atoms with E-state index in [4.69, 9.17) is 0 Å². The van der Waals surface area contributed by atoms with Crippen LogP contribution < -0.4 is 0 Å². The van der Waals surface area contributed by atoms with Crippen molar-refractivity contribution in [2.75, 3.05) is 7.05 Å². The van der Waals surface area contributed by atoms with Gasteiger partial charge < -0.3 is 0 Å². The smallest absolute Gasteiger partial charge is 0.239 e. The van der Waals surface area contributed by atoms with Gasteiger partial charge in [0.05, 0.1) is 17.6 Å². The van der Waals surface area contributed by atoms with Crippen LogP contribution in [0.25, 0.3) is 5.69 Å². The number of sulfonamides is 1. The highest BCUT2D eigenvalue weighted by molar-refractivity contribution is 7.89. The average Bonchev–Trinajstić information content (AvgIpc) is 3.09. The lowest BCUT2D eigenvalue weighted by Crippen LogP contribution is -2.39. The van der Waals surface area contributed by atoms with Crippen LogP contribution in [-0.4, -0.2) is 35.6 Å². The van der Waals surface area contributed by atoms with E-state index in [1.807, 2.05) is 51.1 Å². The zero-order valence-corrected chi connectivity index (χ0v) is 17.0. The third-order valence-electron chi connectivity index (χ3n) is 5.16. The number of hydrogen-bond donors (Lipinski definition) is 0. The van der Waals surface area contributed by atoms with Crippen molar-refractivity contribution >= 4 is 10.0 Å². The Morgan fingerprint density at radius 1 is 1.08 bits per heavy atom. The number of hydrogen-bond acceptors (Lipinski definition) is 3. The molecule has 0 spiro atoms. The van der Waals surface area contributed by atoms with Gasteiger partial charge in [0.1, 0.15) is 4.90 Å². The summed E-state index contributed by atoms with van der Waals surface area (Å²) in [5.74, 6) is 0. The van der Waals surface area contributed by atoms with Crippen molar-refractivity contribution in [1.29, 1.82) is 0 Å². The van der Waals surface area contributed by atoms with Crippen LogP contribution >= 0.6 is 0 Å². The van der Waals surface area contributed by atoms with Crippen molar-refractivity contribution in [3.8, 4) is 5.69 Å². The molecule has 5 nitrogen and oxygen atoms in total. The maximum Gasteiger partial charge on any atom is 0.246 e. The first-order valence-corrected chi connectivity index (χ1v) is 10.8. The minimum atomic E-state index is -3.59. The molecule has 0 N–H and O–H groups in total. The van der Waals surface area contributed by atoms with Crippen LogP contribution in [0, 0.1) is 0 Å². The highest BCUT2D eigenvalue weighted by Gasteiger charge is 2.35. The molecule has 1 heterocycles. The first-order valence-electron chi connectivity index (χ1n) is 9.35. The predicted octanol–water partition coefficient (Wildman–Crippen LogP) is 4.12. The SMILES string of the molecule is CN(C1CCCCC1)S(=O)(=O)c1cn(-c2ccccc2)nc1C(C)(C)C. The lowest BCUT2D eigenvalue weighted by molar-refractivity contribution is 0.285. The van der Waals surface area contributed by atoms with E-state index >= 15 is 0 Å². The molecule has 1 aliphatic rings. The minimum Gasteiger partial charge on any atom is -0.239 e. The number of para-hydroxylation sites is 1.